The molecule has 0 saturated heterocycles. The molecule has 1 rings (SSSR count). The maximum Gasteiger partial charge on any atom is 0.332 e. The highest BCUT2D eigenvalue weighted by Crippen LogP contribution is 2.17. The van der Waals surface area contributed by atoms with Crippen molar-refractivity contribution in [1.29, 1.82) is 0 Å². The monoisotopic (exact) mass is 243 g/mol. The van der Waals surface area contributed by atoms with Crippen LogP contribution in [-0.4, -0.2) is 30.7 Å². The first kappa shape index (κ1) is 12.9. The summed E-state index contributed by atoms with van der Waals surface area (Å²) < 4.78 is 17.9. The number of aliphatic carboxylic acids is 1. The molecule has 0 fully saturated rings. The van der Waals surface area contributed by atoms with Crippen LogP contribution in [0.5, 0.6) is 5.75 Å². The standard InChI is InChI=1S/C10H10FNO5/c1-16-8-3-2-6(4-7(8)11)10(15)12-17-5-9(13)14/h2-4H,5H2,1H3,(H,12,15)(H,13,14). The third-order valence-corrected chi connectivity index (χ3v) is 1.77. The largest absolute Gasteiger partial charge is 0.494 e. The van der Waals surface area contributed by atoms with Crippen LogP contribution in [0.4, 0.5) is 4.39 Å². The number of methoxy groups -OCH3 is 1. The molecule has 0 aromatic heterocycles. The average molecular weight is 243 g/mol. The lowest BCUT2D eigenvalue weighted by Gasteiger charge is -2.05. The Morgan fingerprint density at radius 3 is 2.71 bits per heavy atom. The van der Waals surface area contributed by atoms with E-state index in [4.69, 9.17) is 5.11 Å². The van der Waals surface area contributed by atoms with Gasteiger partial charge in [0.25, 0.3) is 5.91 Å². The van der Waals surface area contributed by atoms with Crippen molar-refractivity contribution < 1.29 is 28.7 Å². The van der Waals surface area contributed by atoms with Gasteiger partial charge in [0, 0.05) is 5.56 Å². The van der Waals surface area contributed by atoms with E-state index < -0.39 is 24.3 Å². The number of rotatable bonds is 5. The second kappa shape index (κ2) is 5.80. The first-order chi connectivity index (χ1) is 8.04. The van der Waals surface area contributed by atoms with Crippen molar-refractivity contribution in [3.63, 3.8) is 0 Å². The summed E-state index contributed by atoms with van der Waals surface area (Å²) in [5.41, 5.74) is 1.86. The van der Waals surface area contributed by atoms with Gasteiger partial charge in [-0.25, -0.2) is 14.7 Å². The fourth-order valence-electron chi connectivity index (χ4n) is 1.03. The molecule has 1 amide bonds. The Balaban J connectivity index is 2.63. The van der Waals surface area contributed by atoms with Gasteiger partial charge in [-0.3, -0.25) is 9.63 Å². The Kier molecular flexibility index (Phi) is 4.41. The number of hydroxylamine groups is 1. The Labute approximate surface area is 95.9 Å². The third kappa shape index (κ3) is 3.72. The van der Waals surface area contributed by atoms with Crippen LogP contribution in [0.15, 0.2) is 18.2 Å². The SMILES string of the molecule is COc1ccc(C(=O)NOCC(=O)O)cc1F. The number of hydrogen-bond donors (Lipinski definition) is 2. The van der Waals surface area contributed by atoms with Crippen LogP contribution in [0.2, 0.25) is 0 Å². The fourth-order valence-corrected chi connectivity index (χ4v) is 1.03. The Morgan fingerprint density at radius 1 is 1.47 bits per heavy atom. The number of carbonyl (C=O) groups excluding carboxylic acids is 1. The zero-order valence-corrected chi connectivity index (χ0v) is 8.90. The van der Waals surface area contributed by atoms with Gasteiger partial charge in [0.15, 0.2) is 18.2 Å². The van der Waals surface area contributed by atoms with Gasteiger partial charge in [-0.2, -0.15) is 0 Å². The Morgan fingerprint density at radius 2 is 2.18 bits per heavy atom. The normalized spacial score (nSPS) is 9.76. The van der Waals surface area contributed by atoms with Crippen LogP contribution in [0.3, 0.4) is 0 Å². The van der Waals surface area contributed by atoms with E-state index in [0.717, 1.165) is 6.07 Å². The van der Waals surface area contributed by atoms with E-state index in [0.29, 0.717) is 0 Å². The summed E-state index contributed by atoms with van der Waals surface area (Å²) in [6.45, 7) is -0.676. The first-order valence-corrected chi connectivity index (χ1v) is 4.52. The van der Waals surface area contributed by atoms with E-state index in [9.17, 15) is 14.0 Å². The van der Waals surface area contributed by atoms with Crippen molar-refractivity contribution in [2.45, 2.75) is 0 Å². The number of benzene rings is 1. The highest BCUT2D eigenvalue weighted by molar-refractivity contribution is 5.93. The number of carboxylic acid groups (broad SMARTS) is 1. The molecule has 1 aromatic rings. The molecule has 0 saturated carbocycles. The molecule has 0 aliphatic heterocycles. The van der Waals surface area contributed by atoms with Crippen molar-refractivity contribution in [2.24, 2.45) is 0 Å². The molecule has 7 heteroatoms. The van der Waals surface area contributed by atoms with Gasteiger partial charge < -0.3 is 9.84 Å². The van der Waals surface area contributed by atoms with Gasteiger partial charge in [-0.05, 0) is 18.2 Å². The van der Waals surface area contributed by atoms with E-state index in [1.807, 2.05) is 5.48 Å². The van der Waals surface area contributed by atoms with Crippen molar-refractivity contribution in [2.75, 3.05) is 13.7 Å². The van der Waals surface area contributed by atoms with Gasteiger partial charge in [0.2, 0.25) is 0 Å². The van der Waals surface area contributed by atoms with E-state index >= 15 is 0 Å². The Hall–Kier alpha value is -2.15. The predicted octanol–water partition coefficient (Wildman–Crippen LogP) is 0.580. The summed E-state index contributed by atoms with van der Waals surface area (Å²) in [6, 6.07) is 3.56. The van der Waals surface area contributed by atoms with Gasteiger partial charge in [-0.1, -0.05) is 0 Å². The van der Waals surface area contributed by atoms with Crippen molar-refractivity contribution in [3.8, 4) is 5.75 Å². The molecule has 0 spiro atoms. The van der Waals surface area contributed by atoms with Crippen molar-refractivity contribution in [3.05, 3.63) is 29.6 Å². The molecule has 6 nitrogen and oxygen atoms in total. The Bertz CT molecular complexity index is 435. The van der Waals surface area contributed by atoms with Crippen LogP contribution in [0.25, 0.3) is 0 Å². The second-order valence-corrected chi connectivity index (χ2v) is 2.96. The van der Waals surface area contributed by atoms with E-state index in [1.165, 1.54) is 19.2 Å². The van der Waals surface area contributed by atoms with Crippen LogP contribution < -0.4 is 10.2 Å². The number of halogens is 1. The summed E-state index contributed by atoms with van der Waals surface area (Å²) in [4.78, 5) is 25.8. The van der Waals surface area contributed by atoms with Gasteiger partial charge in [-0.15, -0.1) is 0 Å². The number of carbonyl (C=O) groups is 2. The van der Waals surface area contributed by atoms with Crippen LogP contribution in [-0.2, 0) is 9.63 Å². The molecule has 0 bridgehead atoms. The molecule has 0 heterocycles. The highest BCUT2D eigenvalue weighted by atomic mass is 19.1. The molecule has 1 aromatic carbocycles. The molecule has 2 N–H and O–H groups in total. The smallest absolute Gasteiger partial charge is 0.332 e. The molecule has 92 valence electrons. The van der Waals surface area contributed by atoms with E-state index in [-0.39, 0.29) is 11.3 Å². The number of ether oxygens (including phenoxy) is 1. The summed E-state index contributed by atoms with van der Waals surface area (Å²) >= 11 is 0. The summed E-state index contributed by atoms with van der Waals surface area (Å²) in [6.07, 6.45) is 0. The van der Waals surface area contributed by atoms with Gasteiger partial charge in [0.05, 0.1) is 7.11 Å². The maximum absolute atomic E-state index is 13.2. The summed E-state index contributed by atoms with van der Waals surface area (Å²) in [7, 11) is 1.30. The summed E-state index contributed by atoms with van der Waals surface area (Å²) in [5, 5.41) is 8.26. The maximum atomic E-state index is 13.2. The molecule has 0 atom stereocenters. The van der Waals surface area contributed by atoms with Crippen LogP contribution >= 0.6 is 0 Å². The molecule has 0 aliphatic rings. The minimum atomic E-state index is -1.23. The molecular formula is C10H10FNO5. The van der Waals surface area contributed by atoms with Crippen LogP contribution in [0.1, 0.15) is 10.4 Å². The van der Waals surface area contributed by atoms with Crippen LogP contribution in [0, 0.1) is 5.82 Å². The number of amides is 1. The number of nitrogens with one attached hydrogen (secondary N) is 1. The summed E-state index contributed by atoms with van der Waals surface area (Å²) in [5.74, 6) is -2.66. The molecule has 17 heavy (non-hydrogen) atoms. The molecular weight excluding hydrogens is 233 g/mol. The minimum absolute atomic E-state index is 0.00584. The number of hydrogen-bond acceptors (Lipinski definition) is 4. The lowest BCUT2D eigenvalue weighted by atomic mass is 10.2. The van der Waals surface area contributed by atoms with Gasteiger partial charge >= 0.3 is 5.97 Å². The zero-order valence-electron chi connectivity index (χ0n) is 8.90. The quantitative estimate of drug-likeness (QED) is 0.739. The predicted molar refractivity (Wildman–Crippen MR) is 54.0 cm³/mol. The highest BCUT2D eigenvalue weighted by Gasteiger charge is 2.10. The van der Waals surface area contributed by atoms with E-state index in [2.05, 4.69) is 9.57 Å². The molecule has 0 unspecified atom stereocenters. The third-order valence-electron chi connectivity index (χ3n) is 1.77. The van der Waals surface area contributed by atoms with E-state index in [1.54, 1.807) is 0 Å². The fraction of sp³-hybridized carbons (Fsp3) is 0.200. The van der Waals surface area contributed by atoms with Crippen molar-refractivity contribution >= 4 is 11.9 Å². The average Bonchev–Trinajstić information content (AvgIpc) is 2.28. The zero-order chi connectivity index (χ0) is 12.8. The van der Waals surface area contributed by atoms with Gasteiger partial charge in [0.1, 0.15) is 0 Å². The number of carboxylic acids is 1. The minimum Gasteiger partial charge on any atom is -0.494 e. The topological polar surface area (TPSA) is 84.9 Å². The van der Waals surface area contributed by atoms with Crippen molar-refractivity contribution in [1.82, 2.24) is 5.48 Å². The molecule has 0 radical (unpaired) electrons. The lowest BCUT2D eigenvalue weighted by molar-refractivity contribution is -0.144. The lowest BCUT2D eigenvalue weighted by Crippen LogP contribution is -2.26. The first-order valence-electron chi connectivity index (χ1n) is 4.52. The second-order valence-electron chi connectivity index (χ2n) is 2.96. The molecule has 0 aliphatic carbocycles.